The number of benzene rings is 2. The van der Waals surface area contributed by atoms with Gasteiger partial charge >= 0.3 is 6.18 Å². The zero-order chi connectivity index (χ0) is 25.1. The van der Waals surface area contributed by atoms with Crippen molar-refractivity contribution >= 4 is 34.0 Å². The molecule has 0 bridgehead atoms. The lowest BCUT2D eigenvalue weighted by atomic mass is 9.95. The monoisotopic (exact) mass is 516 g/mol. The molecule has 0 aliphatic heterocycles. The third kappa shape index (κ3) is 10.1. The van der Waals surface area contributed by atoms with E-state index in [-0.39, 0.29) is 5.75 Å². The summed E-state index contributed by atoms with van der Waals surface area (Å²) in [6, 6.07) is 12.0. The van der Waals surface area contributed by atoms with Crippen LogP contribution >= 0.6 is 23.2 Å². The van der Waals surface area contributed by atoms with Crippen LogP contribution in [0.25, 0.3) is 10.8 Å². The van der Waals surface area contributed by atoms with Gasteiger partial charge in [-0.2, -0.15) is 13.2 Å². The van der Waals surface area contributed by atoms with Crippen LogP contribution in [-0.4, -0.2) is 34.0 Å². The van der Waals surface area contributed by atoms with E-state index in [9.17, 15) is 18.3 Å². The Hall–Kier alpha value is -2.06. The van der Waals surface area contributed by atoms with E-state index in [2.05, 4.69) is 23.3 Å². The van der Waals surface area contributed by atoms with Crippen LogP contribution < -0.4 is 5.32 Å². The lowest BCUT2D eigenvalue weighted by molar-refractivity contribution is -0.159. The lowest BCUT2D eigenvalue weighted by Gasteiger charge is -2.23. The van der Waals surface area contributed by atoms with Gasteiger partial charge in [-0.25, -0.2) is 0 Å². The predicted molar refractivity (Wildman–Crippen MR) is 131 cm³/mol. The summed E-state index contributed by atoms with van der Waals surface area (Å²) in [6.07, 6.45) is 5.85. The molecular formula is C25H29Cl2F3N2O2. The van der Waals surface area contributed by atoms with Crippen molar-refractivity contribution in [3.8, 4) is 5.75 Å². The van der Waals surface area contributed by atoms with Crippen LogP contribution in [0.2, 0.25) is 10.0 Å². The van der Waals surface area contributed by atoms with Crippen LogP contribution in [-0.2, 0) is 6.54 Å². The Morgan fingerprint density at radius 1 is 1.03 bits per heavy atom. The first-order valence-electron chi connectivity index (χ1n) is 11.0. The second-order valence-corrected chi connectivity index (χ2v) is 8.93. The van der Waals surface area contributed by atoms with Gasteiger partial charge in [-0.15, -0.1) is 0 Å². The first-order chi connectivity index (χ1) is 16.1. The largest absolute Gasteiger partial charge is 0.506 e. The number of aliphatic hydroxyl groups is 1. The van der Waals surface area contributed by atoms with Gasteiger partial charge in [0.25, 0.3) is 0 Å². The van der Waals surface area contributed by atoms with Crippen molar-refractivity contribution in [2.75, 3.05) is 6.61 Å². The van der Waals surface area contributed by atoms with Crippen molar-refractivity contribution in [1.29, 1.82) is 0 Å². The number of hydrogen-bond acceptors (Lipinski definition) is 4. The Labute approximate surface area is 207 Å². The molecule has 186 valence electrons. The molecule has 1 saturated carbocycles. The normalized spacial score (nSPS) is 14.1. The molecule has 9 heteroatoms. The van der Waals surface area contributed by atoms with Crippen molar-refractivity contribution < 1.29 is 23.4 Å². The highest BCUT2D eigenvalue weighted by atomic mass is 35.5. The van der Waals surface area contributed by atoms with E-state index in [4.69, 9.17) is 28.3 Å². The number of phenols is 1. The molecule has 1 aliphatic rings. The number of halogens is 5. The molecule has 3 N–H and O–H groups in total. The molecule has 4 nitrogen and oxygen atoms in total. The fourth-order valence-corrected chi connectivity index (χ4v) is 3.91. The Morgan fingerprint density at radius 2 is 1.71 bits per heavy atom. The van der Waals surface area contributed by atoms with E-state index in [0.717, 1.165) is 28.4 Å². The SMILES string of the molecule is Cc1cc(Cl)ccc1CNC1CCCCC1.OCC(F)(F)F.Oc1cc2ccncc2cc1Cl. The lowest BCUT2D eigenvalue weighted by Crippen LogP contribution is -2.30. The molecule has 1 fully saturated rings. The number of aromatic hydroxyl groups is 1. The molecule has 1 aliphatic carbocycles. The standard InChI is InChI=1S/C14H20ClN.C9H6ClNO.C2H3F3O/c1-11-9-13(15)8-7-12(11)10-16-14-5-3-2-4-6-14;10-8-3-7-5-11-2-1-6(7)4-9(8)12;3-2(4,5)1-6/h7-9,14,16H,2-6,10H2,1H3;1-5,12H;6H,1H2. The van der Waals surface area contributed by atoms with Crippen LogP contribution in [0, 0.1) is 6.92 Å². The first-order valence-corrected chi connectivity index (χ1v) is 11.7. The summed E-state index contributed by atoms with van der Waals surface area (Å²) in [4.78, 5) is 3.94. The number of hydrogen-bond donors (Lipinski definition) is 3. The maximum Gasteiger partial charge on any atom is 0.411 e. The fourth-order valence-electron chi connectivity index (χ4n) is 3.51. The van der Waals surface area contributed by atoms with E-state index in [1.807, 2.05) is 18.2 Å². The second-order valence-electron chi connectivity index (χ2n) is 8.09. The van der Waals surface area contributed by atoms with Gasteiger partial charge in [0.1, 0.15) is 12.4 Å². The summed E-state index contributed by atoms with van der Waals surface area (Å²) < 4.78 is 31.6. The number of alkyl halides is 3. The Balaban J connectivity index is 0.000000200. The number of nitrogens with one attached hydrogen (secondary N) is 1. The average molecular weight is 517 g/mol. The van der Waals surface area contributed by atoms with Crippen molar-refractivity contribution in [1.82, 2.24) is 10.3 Å². The molecule has 0 amide bonds. The third-order valence-corrected chi connectivity index (χ3v) is 5.91. The number of fused-ring (bicyclic) bond motifs is 1. The van der Waals surface area contributed by atoms with Crippen molar-refractivity contribution in [2.45, 2.75) is 57.8 Å². The van der Waals surface area contributed by atoms with Crippen molar-refractivity contribution in [2.24, 2.45) is 0 Å². The van der Waals surface area contributed by atoms with Gasteiger partial charge in [0.15, 0.2) is 0 Å². The minimum absolute atomic E-state index is 0.107. The van der Waals surface area contributed by atoms with Gasteiger partial charge in [-0.05, 0) is 66.6 Å². The molecule has 0 spiro atoms. The number of nitrogens with zero attached hydrogens (tertiary/aromatic N) is 1. The average Bonchev–Trinajstić information content (AvgIpc) is 2.80. The molecule has 0 atom stereocenters. The third-order valence-electron chi connectivity index (χ3n) is 5.38. The highest BCUT2D eigenvalue weighted by Crippen LogP contribution is 2.28. The van der Waals surface area contributed by atoms with Crippen molar-refractivity contribution in [3.63, 3.8) is 0 Å². The van der Waals surface area contributed by atoms with E-state index in [1.54, 1.807) is 24.5 Å². The van der Waals surface area contributed by atoms with E-state index < -0.39 is 12.8 Å². The number of pyridine rings is 1. The maximum atomic E-state index is 10.5. The molecule has 0 saturated heterocycles. The zero-order valence-electron chi connectivity index (χ0n) is 18.9. The number of aliphatic hydroxyl groups excluding tert-OH is 1. The molecule has 0 unspecified atom stereocenters. The first kappa shape index (κ1) is 28.2. The van der Waals surface area contributed by atoms with Crippen LogP contribution in [0.4, 0.5) is 13.2 Å². The fraction of sp³-hybridized carbons (Fsp3) is 0.400. The highest BCUT2D eigenvalue weighted by Gasteiger charge is 2.24. The Kier molecular flexibility index (Phi) is 11.4. The number of phenolic OH excluding ortho intramolecular Hbond substituents is 1. The molecular weight excluding hydrogens is 488 g/mol. The maximum absolute atomic E-state index is 10.5. The van der Waals surface area contributed by atoms with Gasteiger partial charge in [0, 0.05) is 35.4 Å². The van der Waals surface area contributed by atoms with Gasteiger partial charge in [-0.1, -0.05) is 48.5 Å². The quantitative estimate of drug-likeness (QED) is 0.344. The van der Waals surface area contributed by atoms with E-state index in [0.29, 0.717) is 5.02 Å². The zero-order valence-corrected chi connectivity index (χ0v) is 20.4. The van der Waals surface area contributed by atoms with E-state index in [1.165, 1.54) is 43.2 Å². The Bertz CT molecular complexity index is 1000. The van der Waals surface area contributed by atoms with Crippen LogP contribution in [0.1, 0.15) is 43.2 Å². The Morgan fingerprint density at radius 3 is 2.32 bits per heavy atom. The minimum Gasteiger partial charge on any atom is -0.506 e. The van der Waals surface area contributed by atoms with Crippen LogP contribution in [0.5, 0.6) is 5.75 Å². The molecule has 3 aromatic rings. The summed E-state index contributed by atoms with van der Waals surface area (Å²) in [5, 5.41) is 23.3. The van der Waals surface area contributed by atoms with Gasteiger partial charge in [0.05, 0.1) is 5.02 Å². The van der Waals surface area contributed by atoms with Crippen LogP contribution in [0.3, 0.4) is 0 Å². The summed E-state index contributed by atoms with van der Waals surface area (Å²) in [7, 11) is 0. The second kappa shape index (κ2) is 13.7. The van der Waals surface area contributed by atoms with Crippen molar-refractivity contribution in [3.05, 3.63) is 70.0 Å². The molecule has 0 radical (unpaired) electrons. The topological polar surface area (TPSA) is 65.4 Å². The summed E-state index contributed by atoms with van der Waals surface area (Å²) in [5.41, 5.74) is 2.66. The molecule has 34 heavy (non-hydrogen) atoms. The summed E-state index contributed by atoms with van der Waals surface area (Å²) in [5.74, 6) is 0.107. The number of aromatic nitrogens is 1. The molecule has 1 heterocycles. The molecule has 4 rings (SSSR count). The summed E-state index contributed by atoms with van der Waals surface area (Å²) in [6.45, 7) is 1.38. The molecule has 1 aromatic heterocycles. The highest BCUT2D eigenvalue weighted by molar-refractivity contribution is 6.32. The van der Waals surface area contributed by atoms with E-state index >= 15 is 0 Å². The van der Waals surface area contributed by atoms with Gasteiger partial charge in [-0.3, -0.25) is 4.98 Å². The minimum atomic E-state index is -4.40. The summed E-state index contributed by atoms with van der Waals surface area (Å²) >= 11 is 11.7. The van der Waals surface area contributed by atoms with Gasteiger partial charge < -0.3 is 15.5 Å². The molecule has 2 aromatic carbocycles. The van der Waals surface area contributed by atoms with Gasteiger partial charge in [0.2, 0.25) is 0 Å². The predicted octanol–water partition coefficient (Wildman–Crippen LogP) is 7.21. The number of rotatable bonds is 3. The smallest absolute Gasteiger partial charge is 0.411 e. The van der Waals surface area contributed by atoms with Crippen LogP contribution in [0.15, 0.2) is 48.8 Å². The number of aryl methyl sites for hydroxylation is 1.